The summed E-state index contributed by atoms with van der Waals surface area (Å²) in [6.07, 6.45) is 5.80. The van der Waals surface area contributed by atoms with E-state index in [2.05, 4.69) is 35.4 Å². The van der Waals surface area contributed by atoms with Crippen LogP contribution >= 0.6 is 24.4 Å². The molecule has 3 heterocycles. The average Bonchev–Trinajstić information content (AvgIpc) is 2.97. The number of thiocarbonyl (C=S) groups is 2. The topological polar surface area (TPSA) is 151 Å². The lowest BCUT2D eigenvalue weighted by Gasteiger charge is -2.34. The van der Waals surface area contributed by atoms with Crippen LogP contribution in [-0.4, -0.2) is 94.0 Å². The van der Waals surface area contributed by atoms with Gasteiger partial charge in [-0.3, -0.25) is 14.6 Å². The number of alkyl halides is 2. The lowest BCUT2D eigenvalue weighted by Crippen LogP contribution is -2.55. The normalized spacial score (nSPS) is 17.2. The molecule has 2 unspecified atom stereocenters. The number of allylic oxidation sites excluding steroid dienone is 1. The number of aliphatic imine (C=N–C) groups is 3. The molecule has 234 valence electrons. The van der Waals surface area contributed by atoms with Gasteiger partial charge in [-0.25, -0.2) is 23.7 Å². The molecule has 2 atom stereocenters. The summed E-state index contributed by atoms with van der Waals surface area (Å²) >= 11 is 9.98. The standard InChI is InChI=1S/C20H23F2N7O2S2.C8H10N2O/c1-11(2)31-15-9-24-14(8-12(15)16(21)22)17(23)27-19(33)28-20(26-10-32)13(6-5-7-25-20)18(30)29(3)4;1-10(2)8(11)7-4-3-5-9-6-7/h5-9,11,13,16H,1-4H3,(H3,23,27,28,33);3-6H,1-2H3. The van der Waals surface area contributed by atoms with Crippen LogP contribution in [0.1, 0.15) is 41.9 Å². The number of isothiocyanates is 1. The Labute approximate surface area is 264 Å². The summed E-state index contributed by atoms with van der Waals surface area (Å²) in [5.74, 6) is -3.17. The van der Waals surface area contributed by atoms with Gasteiger partial charge in [0.25, 0.3) is 18.1 Å². The Bertz CT molecular complexity index is 1480. The molecule has 16 heteroatoms. The summed E-state index contributed by atoms with van der Waals surface area (Å²) < 4.78 is 32.4. The second kappa shape index (κ2) is 16.4. The number of hydrogen-bond donors (Lipinski definition) is 2. The Hall–Kier alpha value is -4.53. The molecule has 12 nitrogen and oxygen atoms in total. The van der Waals surface area contributed by atoms with Crippen molar-refractivity contribution in [2.45, 2.75) is 32.2 Å². The van der Waals surface area contributed by atoms with Crippen LogP contribution in [-0.2, 0) is 4.79 Å². The van der Waals surface area contributed by atoms with Crippen molar-refractivity contribution in [3.63, 3.8) is 0 Å². The molecule has 0 saturated heterocycles. The number of halogens is 2. The van der Waals surface area contributed by atoms with Gasteiger partial charge in [0, 0.05) is 46.8 Å². The van der Waals surface area contributed by atoms with Gasteiger partial charge in [-0.05, 0) is 62.6 Å². The quantitative estimate of drug-likeness (QED) is 0.251. The van der Waals surface area contributed by atoms with Crippen LogP contribution in [0.3, 0.4) is 0 Å². The van der Waals surface area contributed by atoms with Crippen molar-refractivity contribution in [1.82, 2.24) is 25.1 Å². The first kappa shape index (κ1) is 35.7. The average molecular weight is 646 g/mol. The third-order valence-electron chi connectivity index (χ3n) is 5.60. The lowest BCUT2D eigenvalue weighted by molar-refractivity contribution is -0.133. The monoisotopic (exact) mass is 645 g/mol. The molecule has 0 fully saturated rings. The highest BCUT2D eigenvalue weighted by Crippen LogP contribution is 2.30. The molecule has 1 aliphatic rings. The zero-order valence-electron chi connectivity index (χ0n) is 24.9. The van der Waals surface area contributed by atoms with Crippen molar-refractivity contribution in [3.8, 4) is 5.75 Å². The van der Waals surface area contributed by atoms with Gasteiger partial charge >= 0.3 is 0 Å². The Balaban J connectivity index is 0.000000514. The maximum atomic E-state index is 13.5. The minimum Gasteiger partial charge on any atom is -0.489 e. The van der Waals surface area contributed by atoms with Gasteiger partial charge in [0.05, 0.1) is 28.6 Å². The van der Waals surface area contributed by atoms with Gasteiger partial charge in [-0.15, -0.1) is 0 Å². The van der Waals surface area contributed by atoms with Crippen LogP contribution in [0.4, 0.5) is 8.78 Å². The van der Waals surface area contributed by atoms with Crippen LogP contribution in [0.5, 0.6) is 5.75 Å². The summed E-state index contributed by atoms with van der Waals surface area (Å²) in [7, 11) is 6.59. The first-order chi connectivity index (χ1) is 20.7. The van der Waals surface area contributed by atoms with Crippen LogP contribution < -0.4 is 15.8 Å². The minimum atomic E-state index is -2.82. The number of amidine groups is 1. The van der Waals surface area contributed by atoms with E-state index in [1.54, 1.807) is 78.7 Å². The second-order valence-electron chi connectivity index (χ2n) is 9.75. The van der Waals surface area contributed by atoms with Crippen molar-refractivity contribution < 1.29 is 23.1 Å². The van der Waals surface area contributed by atoms with Crippen molar-refractivity contribution in [3.05, 3.63) is 65.8 Å². The van der Waals surface area contributed by atoms with Gasteiger partial charge in [-0.2, -0.15) is 4.99 Å². The number of pyridine rings is 2. The zero-order chi connectivity index (χ0) is 33.0. The van der Waals surface area contributed by atoms with Crippen molar-refractivity contribution >= 4 is 58.6 Å². The van der Waals surface area contributed by atoms with E-state index in [1.807, 2.05) is 0 Å². The molecule has 2 aromatic rings. The third kappa shape index (κ3) is 9.76. The maximum Gasteiger partial charge on any atom is 0.267 e. The molecule has 2 amide bonds. The molecule has 0 aromatic carbocycles. The predicted molar refractivity (Wildman–Crippen MR) is 171 cm³/mol. The summed E-state index contributed by atoms with van der Waals surface area (Å²) in [4.78, 5) is 46.9. The predicted octanol–water partition coefficient (Wildman–Crippen LogP) is 3.27. The summed E-state index contributed by atoms with van der Waals surface area (Å²) in [5, 5.41) is 4.76. The van der Waals surface area contributed by atoms with E-state index in [-0.39, 0.29) is 45.9 Å². The molecular weight excluding hydrogens is 612 g/mol. The zero-order valence-corrected chi connectivity index (χ0v) is 26.6. The van der Waals surface area contributed by atoms with Crippen LogP contribution in [0.2, 0.25) is 0 Å². The number of nitrogens with one attached hydrogen (secondary N) is 1. The van der Waals surface area contributed by atoms with Crippen molar-refractivity contribution in [1.29, 1.82) is 0 Å². The molecule has 0 spiro atoms. The van der Waals surface area contributed by atoms with Gasteiger partial charge in [-0.1, -0.05) is 6.08 Å². The SMILES string of the molecule is CC(C)Oc1cnc(C(N)=NC(=S)NC2(N=C=S)N=CC=CC2C(=O)N(C)C)cc1C(F)F.CN(C)C(=O)c1cccnc1. The Kier molecular flexibility index (Phi) is 13.3. The first-order valence-corrected chi connectivity index (χ1v) is 13.8. The molecule has 0 bridgehead atoms. The van der Waals surface area contributed by atoms with E-state index in [9.17, 15) is 18.4 Å². The molecule has 0 saturated carbocycles. The third-order valence-corrected chi connectivity index (χ3v) is 5.89. The Morgan fingerprint density at radius 3 is 2.45 bits per heavy atom. The first-order valence-electron chi connectivity index (χ1n) is 13.0. The van der Waals surface area contributed by atoms with Gasteiger partial charge in [0.15, 0.2) is 10.9 Å². The van der Waals surface area contributed by atoms with E-state index in [0.29, 0.717) is 5.56 Å². The van der Waals surface area contributed by atoms with Gasteiger partial charge < -0.3 is 25.6 Å². The van der Waals surface area contributed by atoms with E-state index in [4.69, 9.17) is 34.9 Å². The van der Waals surface area contributed by atoms with Gasteiger partial charge in [0.2, 0.25) is 5.91 Å². The van der Waals surface area contributed by atoms with E-state index in [0.717, 1.165) is 12.3 Å². The lowest BCUT2D eigenvalue weighted by atomic mass is 9.96. The number of nitrogens with two attached hydrogens (primary N) is 1. The van der Waals surface area contributed by atoms with E-state index >= 15 is 0 Å². The number of hydrogen-bond acceptors (Lipinski definition) is 9. The fourth-order valence-electron chi connectivity index (χ4n) is 3.59. The fourth-order valence-corrected chi connectivity index (χ4v) is 3.98. The molecule has 1 aliphatic heterocycles. The van der Waals surface area contributed by atoms with Crippen molar-refractivity contribution in [2.75, 3.05) is 28.2 Å². The number of rotatable bonds is 8. The summed E-state index contributed by atoms with van der Waals surface area (Å²) in [6, 6.07) is 4.57. The van der Waals surface area contributed by atoms with Crippen LogP contribution in [0.15, 0.2) is 63.9 Å². The number of dihydropyridines is 1. The number of aromatic nitrogens is 2. The summed E-state index contributed by atoms with van der Waals surface area (Å²) in [6.45, 7) is 3.41. The number of amides is 2. The van der Waals surface area contributed by atoms with Crippen molar-refractivity contribution in [2.24, 2.45) is 26.6 Å². The molecular formula is C28H33F2N9O3S2. The Morgan fingerprint density at radius 1 is 1.20 bits per heavy atom. The smallest absolute Gasteiger partial charge is 0.267 e. The highest BCUT2D eigenvalue weighted by Gasteiger charge is 2.44. The number of carbonyl (C=O) groups excluding carboxylic acids is 2. The van der Waals surface area contributed by atoms with Gasteiger partial charge in [0.1, 0.15) is 17.4 Å². The molecule has 0 radical (unpaired) electrons. The number of ether oxygens (including phenoxy) is 1. The second-order valence-corrected chi connectivity index (χ2v) is 10.3. The van der Waals surface area contributed by atoms with E-state index in [1.165, 1.54) is 16.0 Å². The molecule has 2 aromatic heterocycles. The maximum absolute atomic E-state index is 13.5. The molecule has 3 rings (SSSR count). The summed E-state index contributed by atoms with van der Waals surface area (Å²) in [5.41, 5.74) is 6.16. The number of nitrogens with zero attached hydrogens (tertiary/aromatic N) is 7. The molecule has 44 heavy (non-hydrogen) atoms. The fraction of sp³-hybridized carbons (Fsp3) is 0.357. The van der Waals surface area contributed by atoms with Crippen LogP contribution in [0, 0.1) is 5.92 Å². The number of carbonyl (C=O) groups is 2. The largest absolute Gasteiger partial charge is 0.489 e. The highest BCUT2D eigenvalue weighted by atomic mass is 32.1. The van der Waals surface area contributed by atoms with Crippen LogP contribution in [0.25, 0.3) is 0 Å². The minimum absolute atomic E-state index is 0.0156. The molecule has 0 aliphatic carbocycles. The van der Waals surface area contributed by atoms with E-state index < -0.39 is 18.1 Å². The Morgan fingerprint density at radius 2 is 1.91 bits per heavy atom. The highest BCUT2D eigenvalue weighted by molar-refractivity contribution is 7.80. The molecule has 3 N–H and O–H groups in total.